The molecule has 84 valence electrons. The predicted octanol–water partition coefficient (Wildman–Crippen LogP) is 2.41. The molecule has 1 aromatic carbocycles. The zero-order valence-corrected chi connectivity index (χ0v) is 10.00. The van der Waals surface area contributed by atoms with E-state index in [4.69, 9.17) is 5.11 Å². The van der Waals surface area contributed by atoms with E-state index in [1.807, 2.05) is 19.1 Å². The summed E-state index contributed by atoms with van der Waals surface area (Å²) in [6.45, 7) is 2.20. The van der Waals surface area contributed by atoms with Gasteiger partial charge in [-0.25, -0.2) is 0 Å². The van der Waals surface area contributed by atoms with Crippen molar-refractivity contribution in [2.75, 3.05) is 12.4 Å². The van der Waals surface area contributed by atoms with Crippen LogP contribution in [-0.4, -0.2) is 27.7 Å². The van der Waals surface area contributed by atoms with Crippen molar-refractivity contribution < 1.29 is 5.11 Å². The summed E-state index contributed by atoms with van der Waals surface area (Å²) in [5, 5.41) is 20.4. The standard InChI is InChI=1S/C12H14N2OS/c1-9-10-5-2-3-6-11(10)12(14-13-9)16-8-4-7-15/h2-3,5-6,15H,4,7-8H2,1H3. The van der Waals surface area contributed by atoms with Crippen molar-refractivity contribution in [3.63, 3.8) is 0 Å². The molecule has 1 aromatic heterocycles. The number of hydrogen-bond donors (Lipinski definition) is 1. The molecule has 0 saturated heterocycles. The van der Waals surface area contributed by atoms with E-state index in [1.54, 1.807) is 11.8 Å². The maximum absolute atomic E-state index is 8.75. The zero-order chi connectivity index (χ0) is 11.4. The Labute approximate surface area is 98.9 Å². The molecule has 0 bridgehead atoms. The summed E-state index contributed by atoms with van der Waals surface area (Å²) in [6.07, 6.45) is 0.786. The Morgan fingerprint density at radius 2 is 1.94 bits per heavy atom. The maximum atomic E-state index is 8.75. The molecule has 0 fully saturated rings. The molecule has 0 saturated carbocycles. The molecule has 2 aromatic rings. The van der Waals surface area contributed by atoms with Crippen LogP contribution in [0.15, 0.2) is 29.3 Å². The molecule has 1 heterocycles. The molecule has 0 radical (unpaired) electrons. The van der Waals surface area contributed by atoms with Crippen molar-refractivity contribution in [3.05, 3.63) is 30.0 Å². The minimum absolute atomic E-state index is 0.226. The van der Waals surface area contributed by atoms with Crippen molar-refractivity contribution >= 4 is 22.5 Å². The topological polar surface area (TPSA) is 46.0 Å². The first-order chi connectivity index (χ1) is 7.83. The Kier molecular flexibility index (Phi) is 3.74. The van der Waals surface area contributed by atoms with Gasteiger partial charge in [0.15, 0.2) is 0 Å². The predicted molar refractivity (Wildman–Crippen MR) is 66.7 cm³/mol. The molecule has 0 aliphatic carbocycles. The average molecular weight is 234 g/mol. The first kappa shape index (κ1) is 11.4. The minimum atomic E-state index is 0.226. The van der Waals surface area contributed by atoms with E-state index < -0.39 is 0 Å². The van der Waals surface area contributed by atoms with Crippen molar-refractivity contribution in [1.82, 2.24) is 10.2 Å². The van der Waals surface area contributed by atoms with Gasteiger partial charge in [0.1, 0.15) is 5.03 Å². The van der Waals surface area contributed by atoms with Crippen LogP contribution < -0.4 is 0 Å². The fourth-order valence-corrected chi connectivity index (χ4v) is 2.45. The number of aromatic nitrogens is 2. The van der Waals surface area contributed by atoms with Gasteiger partial charge in [-0.1, -0.05) is 24.3 Å². The van der Waals surface area contributed by atoms with E-state index in [2.05, 4.69) is 22.3 Å². The lowest BCUT2D eigenvalue weighted by atomic mass is 10.1. The van der Waals surface area contributed by atoms with Gasteiger partial charge in [-0.05, 0) is 13.3 Å². The lowest BCUT2D eigenvalue weighted by Crippen LogP contribution is -1.94. The summed E-state index contributed by atoms with van der Waals surface area (Å²) in [4.78, 5) is 0. The van der Waals surface area contributed by atoms with Crippen LogP contribution in [0.4, 0.5) is 0 Å². The van der Waals surface area contributed by atoms with Crippen LogP contribution in [0.3, 0.4) is 0 Å². The molecular formula is C12H14N2OS. The first-order valence-electron chi connectivity index (χ1n) is 5.28. The average Bonchev–Trinajstić information content (AvgIpc) is 2.33. The minimum Gasteiger partial charge on any atom is -0.396 e. The number of aliphatic hydroxyl groups is 1. The van der Waals surface area contributed by atoms with Gasteiger partial charge >= 0.3 is 0 Å². The zero-order valence-electron chi connectivity index (χ0n) is 9.18. The summed E-state index contributed by atoms with van der Waals surface area (Å²) in [7, 11) is 0. The van der Waals surface area contributed by atoms with Crippen molar-refractivity contribution in [3.8, 4) is 0 Å². The van der Waals surface area contributed by atoms with E-state index in [0.29, 0.717) is 0 Å². The van der Waals surface area contributed by atoms with Gasteiger partial charge in [0, 0.05) is 23.1 Å². The van der Waals surface area contributed by atoms with Gasteiger partial charge in [-0.15, -0.1) is 16.9 Å². The first-order valence-corrected chi connectivity index (χ1v) is 6.27. The fourth-order valence-electron chi connectivity index (χ4n) is 1.55. The second kappa shape index (κ2) is 5.27. The molecule has 1 N–H and O–H groups in total. The van der Waals surface area contributed by atoms with Crippen molar-refractivity contribution in [1.29, 1.82) is 0 Å². The van der Waals surface area contributed by atoms with Crippen LogP contribution in [0.2, 0.25) is 0 Å². The quantitative estimate of drug-likeness (QED) is 0.652. The number of rotatable bonds is 4. The summed E-state index contributed by atoms with van der Waals surface area (Å²) < 4.78 is 0. The Hall–Kier alpha value is -1.13. The Bertz CT molecular complexity index is 487. The molecule has 0 spiro atoms. The van der Waals surface area contributed by atoms with Gasteiger partial charge in [0.2, 0.25) is 0 Å². The van der Waals surface area contributed by atoms with E-state index in [9.17, 15) is 0 Å². The lowest BCUT2D eigenvalue weighted by molar-refractivity contribution is 0.296. The molecule has 16 heavy (non-hydrogen) atoms. The van der Waals surface area contributed by atoms with Crippen LogP contribution >= 0.6 is 11.8 Å². The Morgan fingerprint density at radius 1 is 1.19 bits per heavy atom. The van der Waals surface area contributed by atoms with Gasteiger partial charge in [0.05, 0.1) is 5.69 Å². The van der Waals surface area contributed by atoms with E-state index in [1.165, 1.54) is 0 Å². The number of aliphatic hydroxyl groups excluding tert-OH is 1. The Balaban J connectivity index is 2.35. The summed E-state index contributed by atoms with van der Waals surface area (Å²) in [6, 6.07) is 8.16. The maximum Gasteiger partial charge on any atom is 0.127 e. The monoisotopic (exact) mass is 234 g/mol. The van der Waals surface area contributed by atoms with Crippen LogP contribution in [0.25, 0.3) is 10.8 Å². The molecule has 2 rings (SSSR count). The second-order valence-electron chi connectivity index (χ2n) is 3.56. The van der Waals surface area contributed by atoms with Crippen molar-refractivity contribution in [2.45, 2.75) is 18.4 Å². The Morgan fingerprint density at radius 3 is 2.69 bits per heavy atom. The molecule has 4 heteroatoms. The van der Waals surface area contributed by atoms with E-state index in [-0.39, 0.29) is 6.61 Å². The third-order valence-electron chi connectivity index (χ3n) is 2.38. The highest BCUT2D eigenvalue weighted by molar-refractivity contribution is 7.99. The second-order valence-corrected chi connectivity index (χ2v) is 4.65. The van der Waals surface area contributed by atoms with Gasteiger partial charge < -0.3 is 5.11 Å². The summed E-state index contributed by atoms with van der Waals surface area (Å²) in [5.41, 5.74) is 0.960. The summed E-state index contributed by atoms with van der Waals surface area (Å²) in [5.74, 6) is 0.873. The smallest absolute Gasteiger partial charge is 0.127 e. The molecule has 0 aliphatic heterocycles. The van der Waals surface area contributed by atoms with Crippen LogP contribution in [-0.2, 0) is 0 Å². The lowest BCUT2D eigenvalue weighted by Gasteiger charge is -2.05. The highest BCUT2D eigenvalue weighted by Crippen LogP contribution is 2.26. The number of hydrogen-bond acceptors (Lipinski definition) is 4. The number of fused-ring (bicyclic) bond motifs is 1. The third kappa shape index (κ3) is 2.33. The molecule has 0 atom stereocenters. The third-order valence-corrected chi connectivity index (χ3v) is 3.45. The largest absolute Gasteiger partial charge is 0.396 e. The van der Waals surface area contributed by atoms with Crippen LogP contribution in [0.1, 0.15) is 12.1 Å². The van der Waals surface area contributed by atoms with E-state index in [0.717, 1.165) is 33.7 Å². The number of nitrogens with zero attached hydrogens (tertiary/aromatic N) is 2. The molecular weight excluding hydrogens is 220 g/mol. The molecule has 0 amide bonds. The SMILES string of the molecule is Cc1nnc(SCCCO)c2ccccc12. The summed E-state index contributed by atoms with van der Waals surface area (Å²) >= 11 is 1.65. The molecule has 3 nitrogen and oxygen atoms in total. The van der Waals surface area contributed by atoms with Crippen LogP contribution in [0.5, 0.6) is 0 Å². The highest BCUT2D eigenvalue weighted by Gasteiger charge is 2.05. The normalized spacial score (nSPS) is 10.9. The van der Waals surface area contributed by atoms with Gasteiger partial charge in [-0.3, -0.25) is 0 Å². The highest BCUT2D eigenvalue weighted by atomic mass is 32.2. The van der Waals surface area contributed by atoms with Crippen molar-refractivity contribution in [2.24, 2.45) is 0 Å². The fraction of sp³-hybridized carbons (Fsp3) is 0.333. The number of benzene rings is 1. The number of thioether (sulfide) groups is 1. The van der Waals surface area contributed by atoms with E-state index >= 15 is 0 Å². The van der Waals surface area contributed by atoms with Gasteiger partial charge in [0.25, 0.3) is 0 Å². The molecule has 0 aliphatic rings. The number of aryl methyl sites for hydroxylation is 1. The molecule has 0 unspecified atom stereocenters. The van der Waals surface area contributed by atoms with Gasteiger partial charge in [-0.2, -0.15) is 5.10 Å². The van der Waals surface area contributed by atoms with Crippen LogP contribution in [0, 0.1) is 6.92 Å².